The summed E-state index contributed by atoms with van der Waals surface area (Å²) in [5.74, 6) is 0. The predicted molar refractivity (Wildman–Crippen MR) is 117 cm³/mol. The first kappa shape index (κ1) is 26.9. The van der Waals surface area contributed by atoms with Crippen LogP contribution < -0.4 is 0 Å². The minimum Gasteiger partial charge on any atom is -0.412 e. The number of hydrogen-bond donors (Lipinski definition) is 0. The zero-order valence-corrected chi connectivity index (χ0v) is 20.1. The summed E-state index contributed by atoms with van der Waals surface area (Å²) in [6, 6.07) is 0. The molecule has 0 amide bonds. The van der Waals surface area contributed by atoms with Gasteiger partial charge in [-0.25, -0.2) is 0 Å². The zero-order valence-electron chi connectivity index (χ0n) is 11.0. The molecule has 0 atom stereocenters. The predicted octanol–water partition coefficient (Wildman–Crippen LogP) is 10.4. The SMILES string of the molecule is Clc1c(Cl)c(Cl)c(Cl)c(Cl)c1Cl.Clc1c(Cl)c(Cl)c(Cl)c(Cl)c1Cl.O. The first-order chi connectivity index (χ1) is 10.9. The van der Waals surface area contributed by atoms with Crippen LogP contribution in [-0.2, 0) is 0 Å². The Labute approximate surface area is 203 Å². The molecule has 2 aromatic carbocycles. The monoisotopic (exact) mass is 582 g/mol. The van der Waals surface area contributed by atoms with Crippen molar-refractivity contribution in [2.45, 2.75) is 0 Å². The normalized spacial score (nSPS) is 10.1. The van der Waals surface area contributed by atoms with E-state index in [1.54, 1.807) is 0 Å². The lowest BCUT2D eigenvalue weighted by Crippen LogP contribution is -1.79. The highest BCUT2D eigenvalue weighted by Gasteiger charge is 2.18. The van der Waals surface area contributed by atoms with Crippen molar-refractivity contribution in [1.29, 1.82) is 0 Å². The van der Waals surface area contributed by atoms with Crippen LogP contribution in [0.25, 0.3) is 0 Å². The summed E-state index contributed by atoms with van der Waals surface area (Å²) in [6.07, 6.45) is 0. The lowest BCUT2D eigenvalue weighted by molar-refractivity contribution is 0.824. The number of rotatable bonds is 0. The van der Waals surface area contributed by atoms with Gasteiger partial charge in [0, 0.05) is 0 Å². The van der Waals surface area contributed by atoms with Gasteiger partial charge in [0.25, 0.3) is 0 Å². The maximum atomic E-state index is 5.67. The minimum absolute atomic E-state index is 0. The molecule has 0 aliphatic carbocycles. The Hall–Kier alpha value is 1.88. The van der Waals surface area contributed by atoms with Crippen molar-refractivity contribution < 1.29 is 5.48 Å². The van der Waals surface area contributed by atoms with Gasteiger partial charge in [-0.2, -0.15) is 0 Å². The minimum atomic E-state index is 0. The van der Waals surface area contributed by atoms with Gasteiger partial charge in [0.2, 0.25) is 0 Å². The van der Waals surface area contributed by atoms with Crippen LogP contribution in [0.5, 0.6) is 0 Å². The second-order valence-electron chi connectivity index (χ2n) is 3.77. The van der Waals surface area contributed by atoms with Crippen molar-refractivity contribution in [3.8, 4) is 0 Å². The smallest absolute Gasteiger partial charge is 0.0810 e. The summed E-state index contributed by atoms with van der Waals surface area (Å²) in [7, 11) is 0. The van der Waals surface area contributed by atoms with E-state index in [2.05, 4.69) is 0 Å². The molecule has 0 spiro atoms. The fourth-order valence-corrected chi connectivity index (χ4v) is 4.00. The third-order valence-corrected chi connectivity index (χ3v) is 8.01. The van der Waals surface area contributed by atoms with Gasteiger partial charge in [0.15, 0.2) is 0 Å². The fourth-order valence-electron chi connectivity index (χ4n) is 1.16. The molecule has 0 aliphatic rings. The lowest BCUT2D eigenvalue weighted by Gasteiger charge is -2.06. The molecule has 0 radical (unpaired) electrons. The topological polar surface area (TPSA) is 31.5 Å². The van der Waals surface area contributed by atoms with E-state index >= 15 is 0 Å². The van der Waals surface area contributed by atoms with Gasteiger partial charge in [-0.15, -0.1) is 0 Å². The molecule has 0 aliphatic heterocycles. The van der Waals surface area contributed by atoms with Crippen LogP contribution in [0.4, 0.5) is 0 Å². The van der Waals surface area contributed by atoms with E-state index in [1.165, 1.54) is 0 Å². The molecule has 0 saturated carbocycles. The molecule has 0 bridgehead atoms. The van der Waals surface area contributed by atoms with Gasteiger partial charge in [0.05, 0.1) is 60.3 Å². The molecular weight excluding hydrogens is 586 g/mol. The maximum Gasteiger partial charge on any atom is 0.0810 e. The van der Waals surface area contributed by atoms with Gasteiger partial charge in [-0.05, 0) is 0 Å². The molecule has 2 N–H and O–H groups in total. The average Bonchev–Trinajstić information content (AvgIpc) is 2.58. The highest BCUT2D eigenvalue weighted by Crippen LogP contribution is 2.47. The van der Waals surface area contributed by atoms with Crippen molar-refractivity contribution in [2.75, 3.05) is 0 Å². The Morgan fingerprint density at radius 3 is 0.280 bits per heavy atom. The molecule has 0 fully saturated rings. The van der Waals surface area contributed by atoms with Gasteiger partial charge < -0.3 is 5.48 Å². The van der Waals surface area contributed by atoms with Crippen molar-refractivity contribution in [3.05, 3.63) is 60.3 Å². The highest BCUT2D eigenvalue weighted by molar-refractivity contribution is 6.60. The first-order valence-corrected chi connectivity index (χ1v) is 9.80. The molecule has 2 aromatic rings. The third kappa shape index (κ3) is 5.93. The Kier molecular flexibility index (Phi) is 12.0. The summed E-state index contributed by atoms with van der Waals surface area (Å²) < 4.78 is 0. The summed E-state index contributed by atoms with van der Waals surface area (Å²) >= 11 is 68.0. The number of benzene rings is 2. The fraction of sp³-hybridized carbons (Fsp3) is 0. The van der Waals surface area contributed by atoms with Crippen LogP contribution in [-0.4, -0.2) is 5.48 Å². The number of hydrogen-bond acceptors (Lipinski definition) is 0. The Morgan fingerprint density at radius 2 is 0.240 bits per heavy atom. The Bertz CT molecular complexity index is 526. The van der Waals surface area contributed by atoms with Crippen molar-refractivity contribution in [1.82, 2.24) is 0 Å². The molecule has 0 aromatic heterocycles. The van der Waals surface area contributed by atoms with Crippen LogP contribution in [0, 0.1) is 0 Å². The van der Waals surface area contributed by atoms with E-state index in [0.717, 1.165) is 0 Å². The van der Waals surface area contributed by atoms with Gasteiger partial charge in [0.1, 0.15) is 0 Å². The largest absolute Gasteiger partial charge is 0.412 e. The quantitative estimate of drug-likeness (QED) is 0.217. The molecule has 2 rings (SSSR count). The van der Waals surface area contributed by atoms with Crippen LogP contribution in [0.3, 0.4) is 0 Å². The third-order valence-electron chi connectivity index (χ3n) is 2.31. The Morgan fingerprint density at radius 1 is 0.200 bits per heavy atom. The second kappa shape index (κ2) is 11.2. The summed E-state index contributed by atoms with van der Waals surface area (Å²) in [6.45, 7) is 0. The number of halogens is 12. The van der Waals surface area contributed by atoms with E-state index in [-0.39, 0.29) is 65.7 Å². The highest BCUT2D eigenvalue weighted by atomic mass is 35.5. The standard InChI is InChI=1S/2C6Cl6.H2O/c2*7-1-2(8)4(10)6(12)5(11)3(1)9;/h;;1H2. The summed E-state index contributed by atoms with van der Waals surface area (Å²) in [4.78, 5) is 0. The molecule has 0 heterocycles. The first-order valence-electron chi connectivity index (χ1n) is 5.27. The second-order valence-corrected chi connectivity index (χ2v) is 8.30. The maximum absolute atomic E-state index is 5.67. The Balaban J connectivity index is 0.000000443. The van der Waals surface area contributed by atoms with Gasteiger partial charge in [-0.1, -0.05) is 139 Å². The van der Waals surface area contributed by atoms with Gasteiger partial charge >= 0.3 is 0 Å². The summed E-state index contributed by atoms with van der Waals surface area (Å²) in [5, 5.41) is 1.31. The van der Waals surface area contributed by atoms with E-state index in [1.807, 2.05) is 0 Å². The van der Waals surface area contributed by atoms with Gasteiger partial charge in [-0.3, -0.25) is 0 Å². The molecule has 13 heteroatoms. The van der Waals surface area contributed by atoms with E-state index < -0.39 is 0 Å². The zero-order chi connectivity index (χ0) is 18.9. The lowest BCUT2D eigenvalue weighted by atomic mass is 10.3. The van der Waals surface area contributed by atoms with Crippen molar-refractivity contribution in [3.63, 3.8) is 0 Å². The molecule has 1 nitrogen and oxygen atoms in total. The average molecular weight is 588 g/mol. The molecule has 25 heavy (non-hydrogen) atoms. The van der Waals surface area contributed by atoms with Crippen LogP contribution in [0.2, 0.25) is 60.3 Å². The van der Waals surface area contributed by atoms with E-state index in [9.17, 15) is 0 Å². The molecule has 140 valence electrons. The van der Waals surface area contributed by atoms with E-state index in [0.29, 0.717) is 0 Å². The van der Waals surface area contributed by atoms with Crippen molar-refractivity contribution in [2.24, 2.45) is 0 Å². The summed E-state index contributed by atoms with van der Waals surface area (Å²) in [5.41, 5.74) is 0. The van der Waals surface area contributed by atoms with Crippen LogP contribution in [0.1, 0.15) is 0 Å². The molecule has 0 saturated heterocycles. The van der Waals surface area contributed by atoms with Crippen LogP contribution >= 0.6 is 139 Å². The van der Waals surface area contributed by atoms with Crippen LogP contribution in [0.15, 0.2) is 0 Å². The molecule has 0 unspecified atom stereocenters. The van der Waals surface area contributed by atoms with Crippen molar-refractivity contribution >= 4 is 139 Å². The van der Waals surface area contributed by atoms with E-state index in [4.69, 9.17) is 139 Å². The molecular formula is C12H2Cl12O.